The lowest BCUT2D eigenvalue weighted by atomic mass is 10.1. The number of thioether (sulfide) groups is 1. The van der Waals surface area contributed by atoms with E-state index < -0.39 is 0 Å². The smallest absolute Gasteiger partial charge is 0.0345 e. The lowest BCUT2D eigenvalue weighted by Gasteiger charge is -2.10. The summed E-state index contributed by atoms with van der Waals surface area (Å²) in [7, 11) is 2.01. The van der Waals surface area contributed by atoms with Gasteiger partial charge in [-0.3, -0.25) is 0 Å². The van der Waals surface area contributed by atoms with Crippen LogP contribution in [0.1, 0.15) is 24.1 Å². The van der Waals surface area contributed by atoms with Crippen molar-refractivity contribution in [2.45, 2.75) is 36.1 Å². The van der Waals surface area contributed by atoms with Crippen LogP contribution < -0.4 is 5.32 Å². The first-order valence-corrected chi connectivity index (χ1v) is 7.71. The highest BCUT2D eigenvalue weighted by molar-refractivity contribution is 8.00. The molecule has 3 rings (SSSR count). The van der Waals surface area contributed by atoms with Crippen LogP contribution >= 0.6 is 11.8 Å². The molecule has 0 fully saturated rings. The Morgan fingerprint density at radius 1 is 1.37 bits per heavy atom. The van der Waals surface area contributed by atoms with Crippen molar-refractivity contribution in [1.29, 1.82) is 0 Å². The van der Waals surface area contributed by atoms with E-state index in [1.54, 1.807) is 0 Å². The van der Waals surface area contributed by atoms with Gasteiger partial charge in [0, 0.05) is 35.1 Å². The number of nitrogens with one attached hydrogen (secondary N) is 1. The molecule has 0 radical (unpaired) electrons. The molecule has 1 N–H and O–H groups in total. The maximum absolute atomic E-state index is 3.28. The first-order valence-electron chi connectivity index (χ1n) is 6.84. The van der Waals surface area contributed by atoms with Crippen molar-refractivity contribution < 1.29 is 0 Å². The molecule has 1 aromatic heterocycles. The molecule has 2 heterocycles. The Labute approximate surface area is 119 Å². The van der Waals surface area contributed by atoms with Crippen molar-refractivity contribution in [2.75, 3.05) is 7.05 Å². The third-order valence-corrected chi connectivity index (χ3v) is 5.14. The topological polar surface area (TPSA) is 17.0 Å². The minimum absolute atomic E-state index is 0.426. The molecule has 0 spiro atoms. The predicted molar refractivity (Wildman–Crippen MR) is 81.7 cm³/mol. The molecule has 1 aromatic carbocycles. The quantitative estimate of drug-likeness (QED) is 0.917. The number of nitrogens with zero attached hydrogens (tertiary/aromatic N) is 1. The largest absolute Gasteiger partial charge is 0.353 e. The SMILES string of the molecule is CNC(C)c1ccn(CC2Cc3ccccc3S2)c1. The molecule has 3 heteroatoms. The summed E-state index contributed by atoms with van der Waals surface area (Å²) in [5.74, 6) is 0. The summed E-state index contributed by atoms with van der Waals surface area (Å²) < 4.78 is 2.33. The molecule has 1 aliphatic rings. The van der Waals surface area contributed by atoms with Gasteiger partial charge in [0.05, 0.1) is 0 Å². The number of aromatic nitrogens is 1. The minimum atomic E-state index is 0.426. The zero-order chi connectivity index (χ0) is 13.2. The zero-order valence-electron chi connectivity index (χ0n) is 11.5. The predicted octanol–water partition coefficient (Wildman–Crippen LogP) is 3.49. The molecule has 0 bridgehead atoms. The molecule has 1 aliphatic heterocycles. The van der Waals surface area contributed by atoms with Gasteiger partial charge in [-0.05, 0) is 43.7 Å². The van der Waals surface area contributed by atoms with E-state index >= 15 is 0 Å². The van der Waals surface area contributed by atoms with Crippen molar-refractivity contribution in [3.63, 3.8) is 0 Å². The van der Waals surface area contributed by atoms with E-state index in [0.29, 0.717) is 11.3 Å². The standard InChI is InChI=1S/C16H20N2S/c1-12(17-2)14-7-8-18(10-14)11-15-9-13-5-3-4-6-16(13)19-15/h3-8,10,12,15,17H,9,11H2,1-2H3. The van der Waals surface area contributed by atoms with Crippen LogP contribution in [0.4, 0.5) is 0 Å². The van der Waals surface area contributed by atoms with Crippen LogP contribution in [0.5, 0.6) is 0 Å². The molecule has 0 amide bonds. The number of hydrogen-bond donors (Lipinski definition) is 1. The van der Waals surface area contributed by atoms with Crippen molar-refractivity contribution in [1.82, 2.24) is 9.88 Å². The van der Waals surface area contributed by atoms with Crippen molar-refractivity contribution in [3.05, 3.63) is 53.9 Å². The zero-order valence-corrected chi connectivity index (χ0v) is 12.3. The van der Waals surface area contributed by atoms with E-state index in [-0.39, 0.29) is 0 Å². The van der Waals surface area contributed by atoms with Gasteiger partial charge >= 0.3 is 0 Å². The van der Waals surface area contributed by atoms with Gasteiger partial charge in [0.15, 0.2) is 0 Å². The van der Waals surface area contributed by atoms with Gasteiger partial charge < -0.3 is 9.88 Å². The monoisotopic (exact) mass is 272 g/mol. The number of fused-ring (bicyclic) bond motifs is 1. The fraction of sp³-hybridized carbons (Fsp3) is 0.375. The highest BCUT2D eigenvalue weighted by Gasteiger charge is 2.21. The summed E-state index contributed by atoms with van der Waals surface area (Å²) in [6, 6.07) is 11.4. The molecule has 0 aliphatic carbocycles. The summed E-state index contributed by atoms with van der Waals surface area (Å²) in [5.41, 5.74) is 2.87. The Hall–Kier alpha value is -1.19. The van der Waals surface area contributed by atoms with E-state index in [1.807, 2.05) is 18.8 Å². The summed E-state index contributed by atoms with van der Waals surface area (Å²) in [5, 5.41) is 3.95. The summed E-state index contributed by atoms with van der Waals surface area (Å²) in [6.45, 7) is 3.29. The second-order valence-corrected chi connectivity index (χ2v) is 6.55. The van der Waals surface area contributed by atoms with E-state index in [4.69, 9.17) is 0 Å². The Morgan fingerprint density at radius 3 is 3.00 bits per heavy atom. The third kappa shape index (κ3) is 2.72. The van der Waals surface area contributed by atoms with Crippen LogP contribution in [-0.4, -0.2) is 16.9 Å². The van der Waals surface area contributed by atoms with Crippen LogP contribution in [0.2, 0.25) is 0 Å². The van der Waals surface area contributed by atoms with Crippen LogP contribution in [0, 0.1) is 0 Å². The molecular formula is C16H20N2S. The Balaban J connectivity index is 1.66. The average molecular weight is 272 g/mol. The highest BCUT2D eigenvalue weighted by atomic mass is 32.2. The summed E-state index contributed by atoms with van der Waals surface area (Å²) in [6.07, 6.45) is 5.66. The highest BCUT2D eigenvalue weighted by Crippen LogP contribution is 2.37. The molecular weight excluding hydrogens is 252 g/mol. The van der Waals surface area contributed by atoms with E-state index in [0.717, 1.165) is 6.54 Å². The Bertz CT molecular complexity index is 536. The van der Waals surface area contributed by atoms with Gasteiger partial charge in [-0.1, -0.05) is 18.2 Å². The van der Waals surface area contributed by atoms with Gasteiger partial charge in [-0.25, -0.2) is 0 Å². The number of hydrogen-bond acceptors (Lipinski definition) is 2. The van der Waals surface area contributed by atoms with E-state index in [2.05, 4.69) is 59.5 Å². The summed E-state index contributed by atoms with van der Waals surface area (Å²) in [4.78, 5) is 1.46. The average Bonchev–Trinajstić information content (AvgIpc) is 3.04. The maximum Gasteiger partial charge on any atom is 0.0345 e. The number of rotatable bonds is 4. The van der Waals surface area contributed by atoms with Gasteiger partial charge in [-0.2, -0.15) is 0 Å². The van der Waals surface area contributed by atoms with Gasteiger partial charge in [0.25, 0.3) is 0 Å². The Kier molecular flexibility index (Phi) is 3.67. The first-order chi connectivity index (χ1) is 9.26. The molecule has 19 heavy (non-hydrogen) atoms. The molecule has 2 atom stereocenters. The lowest BCUT2D eigenvalue weighted by Crippen LogP contribution is -2.13. The second kappa shape index (κ2) is 5.43. The normalized spacial score (nSPS) is 19.4. The Morgan fingerprint density at radius 2 is 2.21 bits per heavy atom. The molecule has 100 valence electrons. The summed E-state index contributed by atoms with van der Waals surface area (Å²) >= 11 is 2.02. The van der Waals surface area contributed by atoms with Crippen LogP contribution in [-0.2, 0) is 13.0 Å². The fourth-order valence-corrected chi connectivity index (χ4v) is 3.92. The molecule has 2 unspecified atom stereocenters. The lowest BCUT2D eigenvalue weighted by molar-refractivity contribution is 0.636. The molecule has 0 saturated carbocycles. The second-order valence-electron chi connectivity index (χ2n) is 5.20. The third-order valence-electron chi connectivity index (χ3n) is 3.83. The van der Waals surface area contributed by atoms with Crippen LogP contribution in [0.25, 0.3) is 0 Å². The van der Waals surface area contributed by atoms with Crippen molar-refractivity contribution >= 4 is 11.8 Å². The number of benzene rings is 1. The molecule has 2 nitrogen and oxygen atoms in total. The first kappa shape index (κ1) is 12.8. The van der Waals surface area contributed by atoms with E-state index in [1.165, 1.54) is 22.4 Å². The minimum Gasteiger partial charge on any atom is -0.353 e. The van der Waals surface area contributed by atoms with Gasteiger partial charge in [0.1, 0.15) is 0 Å². The van der Waals surface area contributed by atoms with Crippen molar-refractivity contribution in [3.8, 4) is 0 Å². The fourth-order valence-electron chi connectivity index (χ4n) is 2.59. The van der Waals surface area contributed by atoms with Gasteiger partial charge in [-0.15, -0.1) is 11.8 Å². The van der Waals surface area contributed by atoms with E-state index in [9.17, 15) is 0 Å². The van der Waals surface area contributed by atoms with Crippen LogP contribution in [0.3, 0.4) is 0 Å². The maximum atomic E-state index is 3.28. The molecule has 2 aromatic rings. The van der Waals surface area contributed by atoms with Crippen molar-refractivity contribution in [2.24, 2.45) is 0 Å². The van der Waals surface area contributed by atoms with Gasteiger partial charge in [0.2, 0.25) is 0 Å². The molecule has 0 saturated heterocycles. The van der Waals surface area contributed by atoms with Crippen LogP contribution in [0.15, 0.2) is 47.6 Å².